The number of nitrogens with zero attached hydrogens (tertiary/aromatic N) is 2. The molecule has 0 spiro atoms. The standard InChI is InChI=1S/C32H53N2O4S.HI/c1-5-7-8-9-10-11-12-13-14-15-16-17-24-38-31-21-20-29(25-32(31)37-3)27-34(39(4,35)36)28-30-19-18-23-33(26-30)22-6-2;/h18-21,23,25-26H,5-17,22,24,27-28H2,1-4H3;1H/q+1;/p-1. The summed E-state index contributed by atoms with van der Waals surface area (Å²) in [7, 11) is -1.77. The van der Waals surface area contributed by atoms with Crippen molar-refractivity contribution in [1.29, 1.82) is 0 Å². The molecule has 2 aromatic rings. The number of hydrogen-bond acceptors (Lipinski definition) is 4. The van der Waals surface area contributed by atoms with Crippen molar-refractivity contribution in [1.82, 2.24) is 4.31 Å². The van der Waals surface area contributed by atoms with Gasteiger partial charge in [0.05, 0.1) is 20.0 Å². The van der Waals surface area contributed by atoms with E-state index in [1.165, 1.54) is 81.2 Å². The Morgan fingerprint density at radius 2 is 1.38 bits per heavy atom. The average molecular weight is 689 g/mol. The van der Waals surface area contributed by atoms with Crippen LogP contribution in [-0.4, -0.2) is 32.7 Å². The maximum atomic E-state index is 12.6. The molecule has 0 fully saturated rings. The predicted molar refractivity (Wildman–Crippen MR) is 161 cm³/mol. The number of unbranched alkanes of at least 4 members (excludes halogenated alkanes) is 11. The molecule has 1 heterocycles. The lowest BCUT2D eigenvalue weighted by atomic mass is 10.1. The molecule has 0 bridgehead atoms. The Hall–Kier alpha value is -1.39. The van der Waals surface area contributed by atoms with Crippen molar-refractivity contribution in [3.63, 3.8) is 0 Å². The van der Waals surface area contributed by atoms with Crippen LogP contribution in [0.5, 0.6) is 11.5 Å². The lowest BCUT2D eigenvalue weighted by Crippen LogP contribution is -3.00. The Bertz CT molecular complexity index is 1050. The fourth-order valence-electron chi connectivity index (χ4n) is 4.82. The normalized spacial score (nSPS) is 11.4. The third-order valence-corrected chi connectivity index (χ3v) is 8.27. The highest BCUT2D eigenvalue weighted by Gasteiger charge is 2.20. The molecule has 0 aliphatic rings. The zero-order chi connectivity index (χ0) is 28.3. The van der Waals surface area contributed by atoms with Crippen LogP contribution in [0.1, 0.15) is 108 Å². The van der Waals surface area contributed by atoms with E-state index in [2.05, 4.69) is 18.4 Å². The first-order valence-corrected chi connectivity index (χ1v) is 16.9. The molecule has 0 N–H and O–H groups in total. The summed E-state index contributed by atoms with van der Waals surface area (Å²) in [4.78, 5) is 0. The van der Waals surface area contributed by atoms with E-state index in [9.17, 15) is 8.42 Å². The number of benzene rings is 1. The molecular formula is C32H53IN2O4S. The van der Waals surface area contributed by atoms with E-state index in [0.29, 0.717) is 24.7 Å². The zero-order valence-corrected chi connectivity index (χ0v) is 28.3. The number of hydrogen-bond donors (Lipinski definition) is 0. The minimum atomic E-state index is -3.40. The van der Waals surface area contributed by atoms with Gasteiger partial charge in [-0.1, -0.05) is 90.5 Å². The van der Waals surface area contributed by atoms with Gasteiger partial charge in [0.2, 0.25) is 10.0 Å². The van der Waals surface area contributed by atoms with E-state index >= 15 is 0 Å². The third-order valence-electron chi connectivity index (χ3n) is 7.07. The van der Waals surface area contributed by atoms with Crippen LogP contribution in [0.2, 0.25) is 0 Å². The van der Waals surface area contributed by atoms with Gasteiger partial charge < -0.3 is 33.5 Å². The smallest absolute Gasteiger partial charge is 0.211 e. The molecule has 0 atom stereocenters. The Balaban J connectivity index is 0.00000800. The molecule has 1 aromatic carbocycles. The Morgan fingerprint density at radius 1 is 0.775 bits per heavy atom. The number of halogens is 1. The Morgan fingerprint density at radius 3 is 1.95 bits per heavy atom. The molecule has 8 heteroatoms. The topological polar surface area (TPSA) is 59.7 Å². The maximum Gasteiger partial charge on any atom is 0.211 e. The molecule has 228 valence electrons. The van der Waals surface area contributed by atoms with Crippen molar-refractivity contribution in [3.8, 4) is 11.5 Å². The van der Waals surface area contributed by atoms with Crippen LogP contribution in [0.4, 0.5) is 0 Å². The first kappa shape index (κ1) is 36.6. The summed E-state index contributed by atoms with van der Waals surface area (Å²) in [6.45, 7) is 6.56. The molecule has 0 aliphatic carbocycles. The Labute approximate surface area is 261 Å². The van der Waals surface area contributed by atoms with E-state index in [-0.39, 0.29) is 30.5 Å². The van der Waals surface area contributed by atoms with Gasteiger partial charge >= 0.3 is 0 Å². The van der Waals surface area contributed by atoms with Gasteiger partial charge in [-0.2, -0.15) is 4.31 Å². The van der Waals surface area contributed by atoms with Gasteiger partial charge in [-0.05, 0) is 30.2 Å². The number of ether oxygens (including phenoxy) is 2. The molecule has 0 radical (unpaired) electrons. The molecule has 40 heavy (non-hydrogen) atoms. The number of aryl methyl sites for hydroxylation is 1. The van der Waals surface area contributed by atoms with E-state index in [1.54, 1.807) is 7.11 Å². The second-order valence-corrected chi connectivity index (χ2v) is 12.7. The maximum absolute atomic E-state index is 12.6. The van der Waals surface area contributed by atoms with Crippen LogP contribution in [-0.2, 0) is 29.7 Å². The molecule has 0 aliphatic heterocycles. The van der Waals surface area contributed by atoms with Gasteiger partial charge in [0.25, 0.3) is 0 Å². The van der Waals surface area contributed by atoms with E-state index in [1.807, 2.05) is 42.7 Å². The summed E-state index contributed by atoms with van der Waals surface area (Å²) in [5.74, 6) is 1.35. The van der Waals surface area contributed by atoms with Gasteiger partial charge in [0, 0.05) is 31.1 Å². The minimum absolute atomic E-state index is 0. The van der Waals surface area contributed by atoms with Crippen molar-refractivity contribution < 1.29 is 46.4 Å². The summed E-state index contributed by atoms with van der Waals surface area (Å²) in [6, 6.07) is 9.65. The largest absolute Gasteiger partial charge is 1.00 e. The van der Waals surface area contributed by atoms with Crippen LogP contribution in [0, 0.1) is 0 Å². The molecule has 0 amide bonds. The first-order valence-electron chi connectivity index (χ1n) is 15.1. The summed E-state index contributed by atoms with van der Waals surface area (Å²) in [5, 5.41) is 0. The van der Waals surface area contributed by atoms with E-state index < -0.39 is 10.0 Å². The van der Waals surface area contributed by atoms with Crippen LogP contribution in [0.25, 0.3) is 0 Å². The summed E-state index contributed by atoms with van der Waals surface area (Å²) in [5.41, 5.74) is 1.83. The second kappa shape index (κ2) is 21.3. The number of pyridine rings is 1. The molecule has 0 saturated heterocycles. The monoisotopic (exact) mass is 688 g/mol. The van der Waals surface area contributed by atoms with Gasteiger partial charge in [0.1, 0.15) is 6.54 Å². The number of rotatable bonds is 22. The predicted octanol–water partition coefficient (Wildman–Crippen LogP) is 4.44. The minimum Gasteiger partial charge on any atom is -1.00 e. The van der Waals surface area contributed by atoms with Crippen molar-refractivity contribution in [3.05, 3.63) is 53.9 Å². The highest BCUT2D eigenvalue weighted by Crippen LogP contribution is 2.29. The van der Waals surface area contributed by atoms with Crippen LogP contribution in [0.15, 0.2) is 42.7 Å². The van der Waals surface area contributed by atoms with Gasteiger partial charge in [0.15, 0.2) is 23.9 Å². The summed E-state index contributed by atoms with van der Waals surface area (Å²) >= 11 is 0. The van der Waals surface area contributed by atoms with E-state index in [0.717, 1.165) is 30.5 Å². The molecule has 1 aromatic heterocycles. The quantitative estimate of drug-likeness (QED) is 0.104. The van der Waals surface area contributed by atoms with Gasteiger partial charge in [-0.15, -0.1) is 0 Å². The van der Waals surface area contributed by atoms with E-state index in [4.69, 9.17) is 9.47 Å². The zero-order valence-electron chi connectivity index (χ0n) is 25.4. The molecule has 2 rings (SSSR count). The van der Waals surface area contributed by atoms with Crippen molar-refractivity contribution >= 4 is 10.0 Å². The summed E-state index contributed by atoms with van der Waals surface area (Å²) < 4.78 is 40.4. The first-order chi connectivity index (χ1) is 18.9. The van der Waals surface area contributed by atoms with Gasteiger partial charge in [-0.3, -0.25) is 0 Å². The number of sulfonamides is 1. The lowest BCUT2D eigenvalue weighted by molar-refractivity contribution is -0.697. The SMILES string of the molecule is CCCCCCCCCCCCCCOc1ccc(CN(Cc2ccc[n+](CCC)c2)S(C)(=O)=O)cc1OC.[I-]. The fraction of sp³-hybridized carbons (Fsp3) is 0.656. The molecule has 0 unspecified atom stereocenters. The van der Waals surface area contributed by atoms with Crippen molar-refractivity contribution in [2.24, 2.45) is 0 Å². The second-order valence-electron chi connectivity index (χ2n) is 10.7. The third kappa shape index (κ3) is 15.0. The van der Waals surface area contributed by atoms with Crippen LogP contribution < -0.4 is 38.0 Å². The van der Waals surface area contributed by atoms with Crippen molar-refractivity contribution in [2.75, 3.05) is 20.0 Å². The fourth-order valence-corrected chi connectivity index (χ4v) is 5.59. The number of methoxy groups -OCH3 is 1. The lowest BCUT2D eigenvalue weighted by Gasteiger charge is -2.20. The molecular weight excluding hydrogens is 635 g/mol. The van der Waals surface area contributed by atoms with Crippen molar-refractivity contribution in [2.45, 2.75) is 117 Å². The molecule has 6 nitrogen and oxygen atoms in total. The Kier molecular flexibility index (Phi) is 19.5. The van der Waals surface area contributed by atoms with Crippen LogP contribution >= 0.6 is 0 Å². The highest BCUT2D eigenvalue weighted by atomic mass is 127. The molecule has 0 saturated carbocycles. The summed E-state index contributed by atoms with van der Waals surface area (Å²) in [6.07, 6.45) is 22.1. The van der Waals surface area contributed by atoms with Crippen LogP contribution in [0.3, 0.4) is 0 Å². The highest BCUT2D eigenvalue weighted by molar-refractivity contribution is 7.88. The number of aromatic nitrogens is 1. The van der Waals surface area contributed by atoms with Gasteiger partial charge in [-0.25, -0.2) is 13.0 Å². The average Bonchev–Trinajstić information content (AvgIpc) is 2.91.